The molecule has 2 N–H and O–H groups in total. The van der Waals surface area contributed by atoms with E-state index in [0.717, 1.165) is 12.2 Å². The summed E-state index contributed by atoms with van der Waals surface area (Å²) in [6.45, 7) is 5.66. The van der Waals surface area contributed by atoms with Crippen molar-refractivity contribution in [1.82, 2.24) is 9.78 Å². The molecule has 1 unspecified atom stereocenters. The fourth-order valence-corrected chi connectivity index (χ4v) is 1.83. The zero-order chi connectivity index (χ0) is 12.3. The molecule has 90 valence electrons. The van der Waals surface area contributed by atoms with Gasteiger partial charge in [0, 0.05) is 6.20 Å². The maximum absolute atomic E-state index is 5.65. The topological polar surface area (TPSA) is 43.8 Å². The number of benzene rings is 1. The summed E-state index contributed by atoms with van der Waals surface area (Å²) in [5.41, 5.74) is 9.27. The zero-order valence-electron chi connectivity index (χ0n) is 10.4. The molecule has 1 atom stereocenters. The van der Waals surface area contributed by atoms with Crippen molar-refractivity contribution >= 4 is 0 Å². The molecule has 0 spiro atoms. The molecular formula is C14H19N3. The summed E-state index contributed by atoms with van der Waals surface area (Å²) < 4.78 is 1.96. The van der Waals surface area contributed by atoms with Gasteiger partial charge in [-0.1, -0.05) is 31.2 Å². The Hall–Kier alpha value is -1.61. The second-order valence-corrected chi connectivity index (χ2v) is 4.53. The van der Waals surface area contributed by atoms with Crippen LogP contribution in [0.15, 0.2) is 36.5 Å². The smallest absolute Gasteiger partial charge is 0.0659 e. The van der Waals surface area contributed by atoms with Crippen LogP contribution in [-0.4, -0.2) is 16.3 Å². The predicted octanol–water partition coefficient (Wildman–Crippen LogP) is 2.30. The third kappa shape index (κ3) is 2.94. The average molecular weight is 229 g/mol. The molecule has 0 aliphatic rings. The fourth-order valence-electron chi connectivity index (χ4n) is 1.83. The van der Waals surface area contributed by atoms with Gasteiger partial charge in [0.05, 0.1) is 12.2 Å². The number of hydrogen-bond donors (Lipinski definition) is 1. The third-order valence-electron chi connectivity index (χ3n) is 3.02. The van der Waals surface area contributed by atoms with Crippen LogP contribution in [0.5, 0.6) is 0 Å². The predicted molar refractivity (Wildman–Crippen MR) is 70.0 cm³/mol. The van der Waals surface area contributed by atoms with E-state index in [1.54, 1.807) is 0 Å². The summed E-state index contributed by atoms with van der Waals surface area (Å²) in [6, 6.07) is 10.6. The van der Waals surface area contributed by atoms with Gasteiger partial charge in [-0.25, -0.2) is 0 Å². The van der Waals surface area contributed by atoms with E-state index in [-0.39, 0.29) is 0 Å². The van der Waals surface area contributed by atoms with Gasteiger partial charge in [0.2, 0.25) is 0 Å². The molecule has 0 amide bonds. The van der Waals surface area contributed by atoms with E-state index in [1.165, 1.54) is 11.1 Å². The van der Waals surface area contributed by atoms with Gasteiger partial charge in [0.1, 0.15) is 0 Å². The summed E-state index contributed by atoms with van der Waals surface area (Å²) in [6.07, 6.45) is 2.01. The fraction of sp³-hybridized carbons (Fsp3) is 0.357. The average Bonchev–Trinajstić information content (AvgIpc) is 2.75. The normalized spacial score (nSPS) is 12.6. The molecule has 3 nitrogen and oxygen atoms in total. The second-order valence-electron chi connectivity index (χ2n) is 4.53. The van der Waals surface area contributed by atoms with Crippen molar-refractivity contribution in [1.29, 1.82) is 0 Å². The molecule has 0 fully saturated rings. The summed E-state index contributed by atoms with van der Waals surface area (Å²) in [5, 5.41) is 4.38. The van der Waals surface area contributed by atoms with Gasteiger partial charge in [-0.3, -0.25) is 4.68 Å². The van der Waals surface area contributed by atoms with Crippen LogP contribution in [0.1, 0.15) is 29.7 Å². The molecular weight excluding hydrogens is 210 g/mol. The molecule has 0 radical (unpaired) electrons. The summed E-state index contributed by atoms with van der Waals surface area (Å²) in [4.78, 5) is 0. The Balaban J connectivity index is 2.08. The maximum Gasteiger partial charge on any atom is 0.0659 e. The molecule has 0 bridgehead atoms. The lowest BCUT2D eigenvalue weighted by Gasteiger charge is -2.09. The molecule has 17 heavy (non-hydrogen) atoms. The summed E-state index contributed by atoms with van der Waals surface area (Å²) in [7, 11) is 0. The zero-order valence-corrected chi connectivity index (χ0v) is 10.4. The van der Waals surface area contributed by atoms with Crippen LogP contribution in [0.3, 0.4) is 0 Å². The minimum atomic E-state index is 0.427. The number of aromatic nitrogens is 2. The maximum atomic E-state index is 5.65. The first-order valence-electron chi connectivity index (χ1n) is 5.98. The molecule has 1 heterocycles. The Bertz CT molecular complexity index is 470. The van der Waals surface area contributed by atoms with Crippen molar-refractivity contribution in [3.05, 3.63) is 53.3 Å². The van der Waals surface area contributed by atoms with Gasteiger partial charge < -0.3 is 5.73 Å². The molecule has 2 aromatic rings. The molecule has 2 rings (SSSR count). The summed E-state index contributed by atoms with van der Waals surface area (Å²) in [5.74, 6) is 0.427. The van der Waals surface area contributed by atoms with Crippen LogP contribution in [-0.2, 0) is 6.54 Å². The van der Waals surface area contributed by atoms with Crippen molar-refractivity contribution in [2.45, 2.75) is 26.3 Å². The SMILES string of the molecule is Cc1ccn(Cc2ccc(C(C)CN)cc2)n1. The first-order chi connectivity index (χ1) is 8.19. The lowest BCUT2D eigenvalue weighted by Crippen LogP contribution is -2.09. The molecule has 1 aromatic heterocycles. The van der Waals surface area contributed by atoms with Crippen molar-refractivity contribution in [2.75, 3.05) is 6.54 Å². The van der Waals surface area contributed by atoms with Crippen LogP contribution in [0.2, 0.25) is 0 Å². The highest BCUT2D eigenvalue weighted by atomic mass is 15.3. The van der Waals surface area contributed by atoms with E-state index < -0.39 is 0 Å². The minimum absolute atomic E-state index is 0.427. The van der Waals surface area contributed by atoms with Gasteiger partial charge in [-0.2, -0.15) is 5.10 Å². The van der Waals surface area contributed by atoms with E-state index in [0.29, 0.717) is 12.5 Å². The van der Waals surface area contributed by atoms with Gasteiger partial charge in [-0.15, -0.1) is 0 Å². The third-order valence-corrected chi connectivity index (χ3v) is 3.02. The van der Waals surface area contributed by atoms with E-state index in [1.807, 2.05) is 23.9 Å². The number of nitrogens with zero attached hydrogens (tertiary/aromatic N) is 2. The number of rotatable bonds is 4. The van der Waals surface area contributed by atoms with Gasteiger partial charge in [-0.05, 0) is 36.6 Å². The molecule has 1 aromatic carbocycles. The van der Waals surface area contributed by atoms with Gasteiger partial charge in [0.25, 0.3) is 0 Å². The molecule has 0 saturated carbocycles. The van der Waals surface area contributed by atoms with Crippen molar-refractivity contribution < 1.29 is 0 Å². The van der Waals surface area contributed by atoms with Crippen molar-refractivity contribution in [2.24, 2.45) is 5.73 Å². The quantitative estimate of drug-likeness (QED) is 0.874. The van der Waals surface area contributed by atoms with E-state index in [2.05, 4.69) is 36.3 Å². The van der Waals surface area contributed by atoms with Crippen molar-refractivity contribution in [3.8, 4) is 0 Å². The number of hydrogen-bond acceptors (Lipinski definition) is 2. The minimum Gasteiger partial charge on any atom is -0.330 e. The van der Waals surface area contributed by atoms with Crippen molar-refractivity contribution in [3.63, 3.8) is 0 Å². The highest BCUT2D eigenvalue weighted by Crippen LogP contribution is 2.15. The van der Waals surface area contributed by atoms with Gasteiger partial charge >= 0.3 is 0 Å². The summed E-state index contributed by atoms with van der Waals surface area (Å²) >= 11 is 0. The van der Waals surface area contributed by atoms with Crippen LogP contribution in [0, 0.1) is 6.92 Å². The molecule has 0 aliphatic heterocycles. The Labute approximate surface area is 102 Å². The van der Waals surface area contributed by atoms with Crippen LogP contribution in [0.4, 0.5) is 0 Å². The molecule has 0 saturated heterocycles. The number of nitrogens with two attached hydrogens (primary N) is 1. The highest BCUT2D eigenvalue weighted by molar-refractivity contribution is 5.25. The lowest BCUT2D eigenvalue weighted by molar-refractivity contribution is 0.678. The first-order valence-corrected chi connectivity index (χ1v) is 5.98. The van der Waals surface area contributed by atoms with Crippen LogP contribution < -0.4 is 5.73 Å². The van der Waals surface area contributed by atoms with E-state index in [9.17, 15) is 0 Å². The number of aryl methyl sites for hydroxylation is 1. The Morgan fingerprint density at radius 1 is 1.24 bits per heavy atom. The van der Waals surface area contributed by atoms with Gasteiger partial charge in [0.15, 0.2) is 0 Å². The lowest BCUT2D eigenvalue weighted by atomic mass is 10.0. The Morgan fingerprint density at radius 3 is 2.47 bits per heavy atom. The van der Waals surface area contributed by atoms with E-state index >= 15 is 0 Å². The standard InChI is InChI=1S/C14H19N3/c1-11(9-15)14-5-3-13(4-6-14)10-17-8-7-12(2)16-17/h3-8,11H,9-10,15H2,1-2H3. The Morgan fingerprint density at radius 2 is 1.94 bits per heavy atom. The highest BCUT2D eigenvalue weighted by Gasteiger charge is 2.03. The largest absolute Gasteiger partial charge is 0.330 e. The second kappa shape index (κ2) is 5.15. The monoisotopic (exact) mass is 229 g/mol. The Kier molecular flexibility index (Phi) is 3.59. The first kappa shape index (κ1) is 11.9. The van der Waals surface area contributed by atoms with E-state index in [4.69, 9.17) is 5.73 Å². The molecule has 3 heteroatoms. The van der Waals surface area contributed by atoms with Crippen LogP contribution >= 0.6 is 0 Å². The van der Waals surface area contributed by atoms with Crippen LogP contribution in [0.25, 0.3) is 0 Å². The molecule has 0 aliphatic carbocycles.